The molecular weight excluding hydrogens is 374 g/mol. The highest BCUT2D eigenvalue weighted by molar-refractivity contribution is 6.04. The Morgan fingerprint density at radius 3 is 2.43 bits per heavy atom. The number of benzene rings is 1. The van der Waals surface area contributed by atoms with E-state index in [-0.39, 0.29) is 11.6 Å². The van der Waals surface area contributed by atoms with Crippen molar-refractivity contribution in [2.75, 3.05) is 0 Å². The van der Waals surface area contributed by atoms with Crippen LogP contribution in [0, 0.1) is 6.92 Å². The first-order valence-corrected chi connectivity index (χ1v) is 11.4. The summed E-state index contributed by atoms with van der Waals surface area (Å²) < 4.78 is 4.06. The van der Waals surface area contributed by atoms with Crippen molar-refractivity contribution in [2.24, 2.45) is 0 Å². The van der Waals surface area contributed by atoms with Gasteiger partial charge < -0.3 is 4.57 Å². The number of hydrogen-bond donors (Lipinski definition) is 0. The minimum atomic E-state index is 0.0493. The standard InChI is InChI=1S/C24H29N5O/c1-3-4-10-15-28-22-20(21-23(28)27-19-14-9-8-13-18(19)26-21)24(30)29(16(2)25-22)17-11-6-5-7-12-17/h8-9,13-14,17H,3-7,10-12,15H2,1-2H3. The minimum Gasteiger partial charge on any atom is -0.308 e. The molecule has 0 saturated heterocycles. The van der Waals surface area contributed by atoms with Crippen molar-refractivity contribution in [1.29, 1.82) is 0 Å². The molecule has 0 atom stereocenters. The maximum Gasteiger partial charge on any atom is 0.265 e. The number of aryl methyl sites for hydroxylation is 2. The quantitative estimate of drug-likeness (QED) is 0.424. The second-order valence-electron chi connectivity index (χ2n) is 8.57. The Bertz CT molecular complexity index is 1280. The fraction of sp³-hybridized carbons (Fsp3) is 0.500. The van der Waals surface area contributed by atoms with Crippen LogP contribution in [0.3, 0.4) is 0 Å². The number of unbranched alkanes of at least 4 members (excludes halogenated alkanes) is 2. The van der Waals surface area contributed by atoms with Gasteiger partial charge in [-0.15, -0.1) is 0 Å². The molecule has 1 aromatic carbocycles. The number of aromatic nitrogens is 5. The largest absolute Gasteiger partial charge is 0.308 e. The van der Waals surface area contributed by atoms with Crippen molar-refractivity contribution in [3.8, 4) is 0 Å². The second kappa shape index (κ2) is 7.82. The van der Waals surface area contributed by atoms with E-state index in [1.54, 1.807) is 0 Å². The first kappa shape index (κ1) is 19.2. The van der Waals surface area contributed by atoms with E-state index in [0.29, 0.717) is 10.9 Å². The van der Waals surface area contributed by atoms with Gasteiger partial charge in [-0.05, 0) is 38.3 Å². The van der Waals surface area contributed by atoms with Crippen LogP contribution in [-0.4, -0.2) is 24.1 Å². The SMILES string of the molecule is CCCCCn1c2nc3ccccc3nc2c2c(=O)n(C3CCCCC3)c(C)nc21. The zero-order valence-corrected chi connectivity index (χ0v) is 17.9. The summed E-state index contributed by atoms with van der Waals surface area (Å²) in [5.74, 6) is 0.809. The van der Waals surface area contributed by atoms with Crippen LogP contribution in [-0.2, 0) is 6.54 Å². The lowest BCUT2D eigenvalue weighted by atomic mass is 9.95. The summed E-state index contributed by atoms with van der Waals surface area (Å²) in [5, 5.41) is 0.635. The van der Waals surface area contributed by atoms with E-state index < -0.39 is 0 Å². The molecule has 5 rings (SSSR count). The van der Waals surface area contributed by atoms with Gasteiger partial charge in [-0.1, -0.05) is 51.2 Å². The van der Waals surface area contributed by atoms with E-state index in [0.717, 1.165) is 66.8 Å². The van der Waals surface area contributed by atoms with Crippen LogP contribution in [0.4, 0.5) is 0 Å². The Labute approximate surface area is 176 Å². The Morgan fingerprint density at radius 2 is 1.70 bits per heavy atom. The molecule has 1 saturated carbocycles. The number of para-hydroxylation sites is 2. The molecule has 0 spiro atoms. The molecule has 1 fully saturated rings. The van der Waals surface area contributed by atoms with Gasteiger partial charge in [-0.3, -0.25) is 9.36 Å². The molecule has 156 valence electrons. The minimum absolute atomic E-state index is 0.0493. The van der Waals surface area contributed by atoms with Crippen LogP contribution in [0.15, 0.2) is 29.1 Å². The van der Waals surface area contributed by atoms with Gasteiger partial charge in [-0.25, -0.2) is 15.0 Å². The van der Waals surface area contributed by atoms with Crippen molar-refractivity contribution in [1.82, 2.24) is 24.1 Å². The monoisotopic (exact) mass is 403 g/mol. The van der Waals surface area contributed by atoms with Crippen molar-refractivity contribution in [2.45, 2.75) is 77.8 Å². The van der Waals surface area contributed by atoms with Gasteiger partial charge in [0.2, 0.25) is 0 Å². The number of nitrogens with zero attached hydrogens (tertiary/aromatic N) is 5. The predicted octanol–water partition coefficient (Wildman–Crippen LogP) is 5.30. The lowest BCUT2D eigenvalue weighted by Crippen LogP contribution is -2.29. The first-order valence-electron chi connectivity index (χ1n) is 11.4. The van der Waals surface area contributed by atoms with E-state index in [9.17, 15) is 4.79 Å². The van der Waals surface area contributed by atoms with Gasteiger partial charge in [0.15, 0.2) is 11.3 Å². The third kappa shape index (κ3) is 3.09. The number of rotatable bonds is 5. The average Bonchev–Trinajstić information content (AvgIpc) is 3.05. The van der Waals surface area contributed by atoms with Gasteiger partial charge >= 0.3 is 0 Å². The Balaban J connectivity index is 1.81. The van der Waals surface area contributed by atoms with Crippen molar-refractivity contribution >= 4 is 33.2 Å². The summed E-state index contributed by atoms with van der Waals surface area (Å²) >= 11 is 0. The lowest BCUT2D eigenvalue weighted by Gasteiger charge is -2.25. The third-order valence-electron chi connectivity index (χ3n) is 6.50. The maximum atomic E-state index is 13.8. The summed E-state index contributed by atoms with van der Waals surface area (Å²) in [7, 11) is 0. The van der Waals surface area contributed by atoms with E-state index in [1.807, 2.05) is 35.8 Å². The van der Waals surface area contributed by atoms with Gasteiger partial charge in [-0.2, -0.15) is 0 Å². The molecule has 0 bridgehead atoms. The zero-order valence-electron chi connectivity index (χ0n) is 17.9. The van der Waals surface area contributed by atoms with E-state index in [2.05, 4.69) is 11.5 Å². The normalized spacial score (nSPS) is 15.5. The molecule has 0 unspecified atom stereocenters. The fourth-order valence-electron chi connectivity index (χ4n) is 4.98. The van der Waals surface area contributed by atoms with Gasteiger partial charge in [0.1, 0.15) is 16.7 Å². The summed E-state index contributed by atoms with van der Waals surface area (Å²) in [6, 6.07) is 8.13. The van der Waals surface area contributed by atoms with Crippen molar-refractivity contribution in [3.63, 3.8) is 0 Å². The molecule has 0 radical (unpaired) electrons. The molecule has 3 aromatic heterocycles. The van der Waals surface area contributed by atoms with Crippen LogP contribution < -0.4 is 5.56 Å². The highest BCUT2D eigenvalue weighted by Crippen LogP contribution is 2.30. The number of hydrogen-bond acceptors (Lipinski definition) is 4. The van der Waals surface area contributed by atoms with Gasteiger partial charge in [0, 0.05) is 12.6 Å². The Kier molecular flexibility index (Phi) is 5.01. The number of fused-ring (bicyclic) bond motifs is 4. The summed E-state index contributed by atoms with van der Waals surface area (Å²) in [6.07, 6.45) is 9.04. The molecule has 30 heavy (non-hydrogen) atoms. The predicted molar refractivity (Wildman–Crippen MR) is 121 cm³/mol. The molecule has 6 nitrogen and oxygen atoms in total. The van der Waals surface area contributed by atoms with E-state index in [4.69, 9.17) is 15.0 Å². The molecule has 0 aliphatic heterocycles. The van der Waals surface area contributed by atoms with Crippen molar-refractivity contribution < 1.29 is 0 Å². The van der Waals surface area contributed by atoms with E-state index in [1.165, 1.54) is 19.3 Å². The molecular formula is C24H29N5O. The summed E-state index contributed by atoms with van der Waals surface area (Å²) in [6.45, 7) is 4.98. The first-order chi connectivity index (χ1) is 14.7. The van der Waals surface area contributed by atoms with Gasteiger partial charge in [0.25, 0.3) is 5.56 Å². The molecule has 6 heteroatoms. The van der Waals surface area contributed by atoms with Crippen LogP contribution in [0.5, 0.6) is 0 Å². The van der Waals surface area contributed by atoms with Crippen LogP contribution >= 0.6 is 0 Å². The Morgan fingerprint density at radius 1 is 0.967 bits per heavy atom. The van der Waals surface area contributed by atoms with Crippen molar-refractivity contribution in [3.05, 3.63) is 40.4 Å². The molecule has 0 amide bonds. The smallest absolute Gasteiger partial charge is 0.265 e. The topological polar surface area (TPSA) is 65.6 Å². The maximum absolute atomic E-state index is 13.8. The fourth-order valence-corrected chi connectivity index (χ4v) is 4.98. The molecule has 4 aromatic rings. The van der Waals surface area contributed by atoms with E-state index >= 15 is 0 Å². The molecule has 3 heterocycles. The average molecular weight is 404 g/mol. The lowest BCUT2D eigenvalue weighted by molar-refractivity contribution is 0.339. The third-order valence-corrected chi connectivity index (χ3v) is 6.50. The Hall–Kier alpha value is -2.76. The summed E-state index contributed by atoms with van der Waals surface area (Å²) in [5.41, 5.74) is 3.95. The second-order valence-corrected chi connectivity index (χ2v) is 8.57. The van der Waals surface area contributed by atoms with Crippen LogP contribution in [0.2, 0.25) is 0 Å². The highest BCUT2D eigenvalue weighted by Gasteiger charge is 2.25. The molecule has 1 aliphatic rings. The highest BCUT2D eigenvalue weighted by atomic mass is 16.1. The molecule has 1 aliphatic carbocycles. The zero-order chi connectivity index (χ0) is 20.7. The van der Waals surface area contributed by atoms with Gasteiger partial charge in [0.05, 0.1) is 11.0 Å². The summed E-state index contributed by atoms with van der Waals surface area (Å²) in [4.78, 5) is 28.6. The molecule has 0 N–H and O–H groups in total. The van der Waals surface area contributed by atoms with Crippen LogP contribution in [0.25, 0.3) is 33.2 Å². The van der Waals surface area contributed by atoms with Crippen LogP contribution in [0.1, 0.15) is 70.2 Å².